The number of fused-ring (bicyclic) bond motifs is 1. The number of pyridine rings is 1. The zero-order chi connectivity index (χ0) is 23.5. The molecule has 3 N–H and O–H groups in total. The van der Waals surface area contributed by atoms with E-state index in [1.807, 2.05) is 36.7 Å². The number of nitrogens with zero attached hydrogens (tertiary/aromatic N) is 4. The Hall–Kier alpha value is -3.69. The van der Waals surface area contributed by atoms with Gasteiger partial charge in [0.15, 0.2) is 0 Å². The van der Waals surface area contributed by atoms with Crippen LogP contribution in [0.1, 0.15) is 11.5 Å². The molecule has 0 bridgehead atoms. The molecule has 0 aliphatic carbocycles. The lowest BCUT2D eigenvalue weighted by Crippen LogP contribution is -2.47. The smallest absolute Gasteiger partial charge is 0.233 e. The molecule has 4 heterocycles. The van der Waals surface area contributed by atoms with Crippen molar-refractivity contribution in [3.05, 3.63) is 60.8 Å². The van der Waals surface area contributed by atoms with E-state index in [0.29, 0.717) is 12.3 Å². The number of H-pyrrole nitrogens is 2. The molecule has 1 aromatic carbocycles. The van der Waals surface area contributed by atoms with Crippen molar-refractivity contribution >= 4 is 22.5 Å². The van der Waals surface area contributed by atoms with Gasteiger partial charge in [0.05, 0.1) is 36.6 Å². The molecule has 0 spiro atoms. The van der Waals surface area contributed by atoms with E-state index in [9.17, 15) is 4.79 Å². The van der Waals surface area contributed by atoms with E-state index in [0.717, 1.165) is 59.5 Å². The van der Waals surface area contributed by atoms with Crippen LogP contribution < -0.4 is 10.1 Å². The van der Waals surface area contributed by atoms with Crippen LogP contribution in [0.4, 0.5) is 5.69 Å². The van der Waals surface area contributed by atoms with Gasteiger partial charge in [0.2, 0.25) is 5.91 Å². The average molecular weight is 460 g/mol. The molecule has 9 nitrogen and oxygen atoms in total. The molecule has 0 saturated carbocycles. The van der Waals surface area contributed by atoms with Crippen molar-refractivity contribution in [2.75, 3.05) is 52.2 Å². The van der Waals surface area contributed by atoms with Crippen molar-refractivity contribution in [3.63, 3.8) is 0 Å². The number of anilines is 1. The first kappa shape index (κ1) is 22.1. The topological polar surface area (TPSA) is 102 Å². The number of amides is 1. The number of nitrogens with one attached hydrogen (secondary N) is 3. The third-order valence-electron chi connectivity index (χ3n) is 6.51. The van der Waals surface area contributed by atoms with Gasteiger partial charge >= 0.3 is 0 Å². The normalized spacial score (nSPS) is 15.9. The standard InChI is InChI=1S/C25H29N7O2/c1-31-6-8-32(9-7-31)16-22(17-10-19(34-2)14-26-11-17)25(33)30-23-5-3-4-20-21(15-27-24(20)23)18-12-28-29-13-18/h3-5,10-15,22,27H,6-9,16H2,1-2H3,(H,28,29)(H,30,33)/t22-/m1/s1. The summed E-state index contributed by atoms with van der Waals surface area (Å²) in [5, 5.41) is 11.1. The van der Waals surface area contributed by atoms with Crippen LogP contribution in [0.25, 0.3) is 22.0 Å². The fourth-order valence-electron chi connectivity index (χ4n) is 4.48. The first-order valence-corrected chi connectivity index (χ1v) is 11.4. The summed E-state index contributed by atoms with van der Waals surface area (Å²) < 4.78 is 5.38. The number of ether oxygens (including phenoxy) is 1. The van der Waals surface area contributed by atoms with Crippen LogP contribution in [0.2, 0.25) is 0 Å². The van der Waals surface area contributed by atoms with E-state index >= 15 is 0 Å². The van der Waals surface area contributed by atoms with Crippen molar-refractivity contribution in [1.29, 1.82) is 0 Å². The highest BCUT2D eigenvalue weighted by Gasteiger charge is 2.27. The Morgan fingerprint density at radius 3 is 2.79 bits per heavy atom. The Kier molecular flexibility index (Phi) is 6.29. The number of methoxy groups -OCH3 is 1. The quantitative estimate of drug-likeness (QED) is 0.393. The van der Waals surface area contributed by atoms with E-state index in [1.165, 1.54) is 0 Å². The van der Waals surface area contributed by atoms with Crippen LogP contribution in [0.5, 0.6) is 5.75 Å². The minimum atomic E-state index is -0.385. The zero-order valence-corrected chi connectivity index (χ0v) is 19.4. The molecule has 4 aromatic rings. The van der Waals surface area contributed by atoms with Gasteiger partial charge in [-0.2, -0.15) is 5.10 Å². The van der Waals surface area contributed by atoms with Crippen molar-refractivity contribution in [1.82, 2.24) is 30.0 Å². The van der Waals surface area contributed by atoms with Crippen molar-refractivity contribution < 1.29 is 9.53 Å². The lowest BCUT2D eigenvalue weighted by atomic mass is 9.98. The van der Waals surface area contributed by atoms with E-state index in [-0.39, 0.29) is 11.8 Å². The summed E-state index contributed by atoms with van der Waals surface area (Å²) in [6.07, 6.45) is 9.00. The Morgan fingerprint density at radius 1 is 1.18 bits per heavy atom. The number of hydrogen-bond acceptors (Lipinski definition) is 6. The van der Waals surface area contributed by atoms with Gasteiger partial charge < -0.3 is 19.9 Å². The maximum Gasteiger partial charge on any atom is 0.233 e. The number of carbonyl (C=O) groups excluding carboxylic acids is 1. The Bertz CT molecular complexity index is 1260. The maximum absolute atomic E-state index is 13.7. The highest BCUT2D eigenvalue weighted by Crippen LogP contribution is 2.32. The van der Waals surface area contributed by atoms with Crippen LogP contribution in [0.15, 0.2) is 55.2 Å². The minimum absolute atomic E-state index is 0.0686. The van der Waals surface area contributed by atoms with Gasteiger partial charge in [-0.05, 0) is 24.7 Å². The molecule has 1 aliphatic rings. The predicted molar refractivity (Wildman–Crippen MR) is 132 cm³/mol. The molecule has 3 aromatic heterocycles. The number of carbonyl (C=O) groups is 1. The Labute approximate surface area is 198 Å². The van der Waals surface area contributed by atoms with Gasteiger partial charge in [0, 0.05) is 67.8 Å². The maximum atomic E-state index is 13.7. The first-order valence-electron chi connectivity index (χ1n) is 11.4. The first-order chi connectivity index (χ1) is 16.6. The minimum Gasteiger partial charge on any atom is -0.495 e. The monoisotopic (exact) mass is 459 g/mol. The molecule has 176 valence electrons. The van der Waals surface area contributed by atoms with Crippen LogP contribution in [0, 0.1) is 0 Å². The highest BCUT2D eigenvalue weighted by molar-refractivity contribution is 6.07. The molecule has 9 heteroatoms. The summed E-state index contributed by atoms with van der Waals surface area (Å²) in [4.78, 5) is 26.0. The summed E-state index contributed by atoms with van der Waals surface area (Å²) >= 11 is 0. The molecular weight excluding hydrogens is 430 g/mol. The number of benzene rings is 1. The van der Waals surface area contributed by atoms with Gasteiger partial charge in [-0.3, -0.25) is 19.8 Å². The molecule has 1 fully saturated rings. The number of hydrogen-bond donors (Lipinski definition) is 3. The summed E-state index contributed by atoms with van der Waals surface area (Å²) in [7, 11) is 3.74. The molecule has 1 saturated heterocycles. The van der Waals surface area contributed by atoms with Gasteiger partial charge in [-0.15, -0.1) is 0 Å². The lowest BCUT2D eigenvalue weighted by Gasteiger charge is -2.34. The van der Waals surface area contributed by atoms with E-state index in [2.05, 4.69) is 42.3 Å². The fraction of sp³-hybridized carbons (Fsp3) is 0.320. The molecule has 5 rings (SSSR count). The van der Waals surface area contributed by atoms with Gasteiger partial charge in [-0.25, -0.2) is 0 Å². The fourth-order valence-corrected chi connectivity index (χ4v) is 4.48. The van der Waals surface area contributed by atoms with E-state index in [1.54, 1.807) is 25.7 Å². The summed E-state index contributed by atoms with van der Waals surface area (Å²) in [6, 6.07) is 7.82. The molecule has 34 heavy (non-hydrogen) atoms. The molecule has 1 aliphatic heterocycles. The summed E-state index contributed by atoms with van der Waals surface area (Å²) in [6.45, 7) is 4.46. The second-order valence-corrected chi connectivity index (χ2v) is 8.72. The van der Waals surface area contributed by atoms with Gasteiger partial charge in [0.25, 0.3) is 0 Å². The van der Waals surface area contributed by atoms with Crippen LogP contribution >= 0.6 is 0 Å². The van der Waals surface area contributed by atoms with Gasteiger partial charge in [0.1, 0.15) is 5.75 Å². The van der Waals surface area contributed by atoms with Crippen LogP contribution in [-0.4, -0.2) is 82.8 Å². The third kappa shape index (κ3) is 4.52. The largest absolute Gasteiger partial charge is 0.495 e. The number of likely N-dealkylation sites (N-methyl/N-ethyl adjacent to an activating group) is 1. The number of rotatable bonds is 7. The zero-order valence-electron chi connectivity index (χ0n) is 19.4. The Balaban J connectivity index is 1.43. The van der Waals surface area contributed by atoms with Crippen molar-refractivity contribution in [2.24, 2.45) is 0 Å². The summed E-state index contributed by atoms with van der Waals surface area (Å²) in [5.41, 5.74) is 4.50. The molecule has 0 radical (unpaired) electrons. The van der Waals surface area contributed by atoms with Crippen LogP contribution in [0.3, 0.4) is 0 Å². The number of aromatic amines is 2. The van der Waals surface area contributed by atoms with Crippen molar-refractivity contribution in [3.8, 4) is 16.9 Å². The average Bonchev–Trinajstić information content (AvgIpc) is 3.54. The van der Waals surface area contributed by atoms with Crippen molar-refractivity contribution in [2.45, 2.75) is 5.92 Å². The third-order valence-corrected chi connectivity index (χ3v) is 6.51. The van der Waals surface area contributed by atoms with Crippen LogP contribution in [-0.2, 0) is 4.79 Å². The molecule has 0 unspecified atom stereocenters. The highest BCUT2D eigenvalue weighted by atomic mass is 16.5. The molecule has 1 atom stereocenters. The SMILES string of the molecule is COc1cncc([C@@H](CN2CCN(C)CC2)C(=O)Nc2cccc3c(-c4cn[nH]c4)c[nH]c23)c1. The second-order valence-electron chi connectivity index (χ2n) is 8.72. The lowest BCUT2D eigenvalue weighted by molar-refractivity contribution is -0.118. The molecular formula is C25H29N7O2. The van der Waals surface area contributed by atoms with Gasteiger partial charge in [-0.1, -0.05) is 12.1 Å². The van der Waals surface area contributed by atoms with E-state index < -0.39 is 0 Å². The van der Waals surface area contributed by atoms with E-state index in [4.69, 9.17) is 4.74 Å². The summed E-state index contributed by atoms with van der Waals surface area (Å²) in [5.74, 6) is 0.190. The Morgan fingerprint density at radius 2 is 2.03 bits per heavy atom. The number of piperazine rings is 1. The number of para-hydroxylation sites is 1. The number of aromatic nitrogens is 4. The molecule has 1 amide bonds. The predicted octanol–water partition coefficient (Wildman–Crippen LogP) is 2.93. The second kappa shape index (κ2) is 9.66.